The Hall–Kier alpha value is 0.217. The summed E-state index contributed by atoms with van der Waals surface area (Å²) >= 11 is 0. The molecule has 0 N–H and O–H groups in total. The van der Waals surface area contributed by atoms with Crippen LogP contribution in [-0.4, -0.2) is 8.07 Å². The monoisotopic (exact) mass is 280 g/mol. The van der Waals surface area contributed by atoms with Gasteiger partial charge in [0.1, 0.15) is 0 Å². The molecule has 2 aliphatic rings. The van der Waals surface area contributed by atoms with Crippen molar-refractivity contribution in [3.05, 3.63) is 0 Å². The van der Waals surface area contributed by atoms with E-state index in [9.17, 15) is 0 Å². The van der Waals surface area contributed by atoms with Gasteiger partial charge in [-0.3, -0.25) is 0 Å². The molecule has 112 valence electrons. The molecule has 0 heterocycles. The van der Waals surface area contributed by atoms with Gasteiger partial charge in [-0.1, -0.05) is 66.6 Å². The van der Waals surface area contributed by atoms with Crippen molar-refractivity contribution in [3.8, 4) is 0 Å². The van der Waals surface area contributed by atoms with Crippen molar-refractivity contribution in [2.24, 2.45) is 35.5 Å². The topological polar surface area (TPSA) is 0 Å². The Labute approximate surface area is 122 Å². The molecule has 0 aromatic carbocycles. The number of hydrogen-bond donors (Lipinski definition) is 0. The maximum absolute atomic E-state index is 2.60. The second-order valence-electron chi connectivity index (χ2n) is 9.04. The molecule has 2 fully saturated rings. The zero-order valence-electron chi connectivity index (χ0n) is 14.4. The fourth-order valence-electron chi connectivity index (χ4n) is 5.87. The minimum absolute atomic E-state index is 0.958. The molecular formula is C18H36Si. The van der Waals surface area contributed by atoms with Gasteiger partial charge < -0.3 is 0 Å². The lowest BCUT2D eigenvalue weighted by Crippen LogP contribution is -2.33. The van der Waals surface area contributed by atoms with Crippen molar-refractivity contribution < 1.29 is 0 Å². The Morgan fingerprint density at radius 2 is 1.47 bits per heavy atom. The van der Waals surface area contributed by atoms with Crippen molar-refractivity contribution in [2.45, 2.75) is 78.6 Å². The quantitative estimate of drug-likeness (QED) is 0.551. The van der Waals surface area contributed by atoms with Crippen LogP contribution in [0.3, 0.4) is 0 Å². The molecule has 1 heteroatoms. The molecule has 2 rings (SSSR count). The minimum Gasteiger partial charge on any atom is -0.0693 e. The fourth-order valence-corrected chi connectivity index (χ4v) is 9.57. The van der Waals surface area contributed by atoms with Gasteiger partial charge in [-0.2, -0.15) is 0 Å². The van der Waals surface area contributed by atoms with Crippen molar-refractivity contribution in [3.63, 3.8) is 0 Å². The van der Waals surface area contributed by atoms with Crippen LogP contribution < -0.4 is 0 Å². The molecular weight excluding hydrogens is 244 g/mol. The molecule has 7 atom stereocenters. The van der Waals surface area contributed by atoms with Gasteiger partial charge in [0.15, 0.2) is 0 Å². The SMILES string of the molecule is CC1CCCC1CC1C(C)C(C)C([Si](C)(C)C)C1C. The second kappa shape index (κ2) is 5.54. The van der Waals surface area contributed by atoms with Crippen molar-refractivity contribution in [1.82, 2.24) is 0 Å². The van der Waals surface area contributed by atoms with E-state index in [1.165, 1.54) is 25.7 Å². The molecule has 0 saturated heterocycles. The van der Waals surface area contributed by atoms with E-state index in [0.29, 0.717) is 0 Å². The summed E-state index contributed by atoms with van der Waals surface area (Å²) in [4.78, 5) is 0. The average molecular weight is 281 g/mol. The van der Waals surface area contributed by atoms with E-state index in [-0.39, 0.29) is 0 Å². The number of hydrogen-bond acceptors (Lipinski definition) is 0. The molecule has 0 aromatic rings. The van der Waals surface area contributed by atoms with Gasteiger partial charge in [-0.25, -0.2) is 0 Å². The molecule has 0 aromatic heterocycles. The third-order valence-electron chi connectivity index (χ3n) is 6.93. The Balaban J connectivity index is 2.09. The molecule has 0 aliphatic heterocycles. The first-order chi connectivity index (χ1) is 8.73. The van der Waals surface area contributed by atoms with Gasteiger partial charge in [0.2, 0.25) is 0 Å². The maximum Gasteiger partial charge on any atom is 0.0479 e. The zero-order valence-corrected chi connectivity index (χ0v) is 15.4. The summed E-state index contributed by atoms with van der Waals surface area (Å²) in [6, 6.07) is 0. The van der Waals surface area contributed by atoms with Gasteiger partial charge in [0.05, 0.1) is 0 Å². The van der Waals surface area contributed by atoms with Crippen molar-refractivity contribution in [1.29, 1.82) is 0 Å². The predicted molar refractivity (Wildman–Crippen MR) is 89.2 cm³/mol. The van der Waals surface area contributed by atoms with E-state index < -0.39 is 8.07 Å². The molecule has 7 unspecified atom stereocenters. The Morgan fingerprint density at radius 1 is 0.842 bits per heavy atom. The van der Waals surface area contributed by atoms with Crippen LogP contribution >= 0.6 is 0 Å². The van der Waals surface area contributed by atoms with Gasteiger partial charge in [0.25, 0.3) is 0 Å². The van der Waals surface area contributed by atoms with E-state index in [1.54, 1.807) is 0 Å². The van der Waals surface area contributed by atoms with E-state index in [4.69, 9.17) is 0 Å². The molecule has 2 aliphatic carbocycles. The van der Waals surface area contributed by atoms with Gasteiger partial charge in [-0.15, -0.1) is 0 Å². The lowest BCUT2D eigenvalue weighted by molar-refractivity contribution is 0.232. The molecule has 0 nitrogen and oxygen atoms in total. The molecule has 19 heavy (non-hydrogen) atoms. The number of rotatable bonds is 3. The average Bonchev–Trinajstić information content (AvgIpc) is 2.76. The van der Waals surface area contributed by atoms with E-state index in [2.05, 4.69) is 47.3 Å². The van der Waals surface area contributed by atoms with E-state index in [1.807, 2.05) is 0 Å². The predicted octanol–water partition coefficient (Wildman–Crippen LogP) is 6.06. The Bertz CT molecular complexity index is 303. The molecule has 0 amide bonds. The largest absolute Gasteiger partial charge is 0.0693 e. The Kier molecular flexibility index (Phi) is 4.55. The summed E-state index contributed by atoms with van der Waals surface area (Å²) in [5.74, 6) is 5.95. The van der Waals surface area contributed by atoms with Crippen LogP contribution in [0, 0.1) is 35.5 Å². The first-order valence-electron chi connectivity index (χ1n) is 8.73. The molecule has 0 bridgehead atoms. The second-order valence-corrected chi connectivity index (χ2v) is 14.4. The molecule has 2 saturated carbocycles. The van der Waals surface area contributed by atoms with Crippen LogP contribution in [0.5, 0.6) is 0 Å². The third-order valence-corrected chi connectivity index (χ3v) is 9.98. The van der Waals surface area contributed by atoms with Crippen LogP contribution in [0.2, 0.25) is 25.2 Å². The van der Waals surface area contributed by atoms with Crippen molar-refractivity contribution >= 4 is 8.07 Å². The standard InChI is InChI=1S/C18H36Si/c1-12-9-8-10-16(12)11-17-13(2)14(3)18(15(17)4)19(5,6)7/h12-18H,8-11H2,1-7H3. The summed E-state index contributed by atoms with van der Waals surface area (Å²) in [7, 11) is -1.01. The van der Waals surface area contributed by atoms with E-state index in [0.717, 1.165) is 41.0 Å². The summed E-state index contributed by atoms with van der Waals surface area (Å²) < 4.78 is 0. The molecule has 0 spiro atoms. The lowest BCUT2D eigenvalue weighted by atomic mass is 9.79. The lowest BCUT2D eigenvalue weighted by Gasteiger charge is -2.34. The highest BCUT2D eigenvalue weighted by molar-refractivity contribution is 6.77. The summed E-state index contributed by atoms with van der Waals surface area (Å²) in [6.45, 7) is 18.0. The highest BCUT2D eigenvalue weighted by atomic mass is 28.3. The fraction of sp³-hybridized carbons (Fsp3) is 1.00. The first kappa shape index (κ1) is 15.6. The minimum atomic E-state index is -1.01. The van der Waals surface area contributed by atoms with Crippen LogP contribution in [0.25, 0.3) is 0 Å². The smallest absolute Gasteiger partial charge is 0.0479 e. The van der Waals surface area contributed by atoms with Gasteiger partial charge in [0, 0.05) is 8.07 Å². The van der Waals surface area contributed by atoms with Crippen LogP contribution in [0.15, 0.2) is 0 Å². The Morgan fingerprint density at radius 3 is 1.89 bits per heavy atom. The summed E-state index contributed by atoms with van der Waals surface area (Å²) in [5.41, 5.74) is 1.05. The highest BCUT2D eigenvalue weighted by Crippen LogP contribution is 2.56. The first-order valence-corrected chi connectivity index (χ1v) is 12.3. The third kappa shape index (κ3) is 2.96. The summed E-state index contributed by atoms with van der Waals surface area (Å²) in [5, 5.41) is 0. The molecule has 0 radical (unpaired) electrons. The van der Waals surface area contributed by atoms with Gasteiger partial charge >= 0.3 is 0 Å². The maximum atomic E-state index is 2.60. The normalized spacial score (nSPS) is 47.8. The van der Waals surface area contributed by atoms with Crippen molar-refractivity contribution in [2.75, 3.05) is 0 Å². The van der Waals surface area contributed by atoms with Crippen LogP contribution in [0.4, 0.5) is 0 Å². The zero-order chi connectivity index (χ0) is 14.4. The van der Waals surface area contributed by atoms with Gasteiger partial charge in [-0.05, 0) is 47.5 Å². The van der Waals surface area contributed by atoms with E-state index >= 15 is 0 Å². The summed E-state index contributed by atoms with van der Waals surface area (Å²) in [6.07, 6.45) is 6.04. The van der Waals surface area contributed by atoms with Crippen LogP contribution in [-0.2, 0) is 0 Å². The highest BCUT2D eigenvalue weighted by Gasteiger charge is 2.49. The van der Waals surface area contributed by atoms with Crippen LogP contribution in [0.1, 0.15) is 53.4 Å².